The second kappa shape index (κ2) is 7.31. The highest BCUT2D eigenvalue weighted by molar-refractivity contribution is 5.97. The lowest BCUT2D eigenvalue weighted by molar-refractivity contribution is -0.0498. The summed E-state index contributed by atoms with van der Waals surface area (Å²) in [7, 11) is 0. The van der Waals surface area contributed by atoms with Crippen LogP contribution in [0.25, 0.3) is 10.9 Å². The molecule has 1 atom stereocenters. The fourth-order valence-electron chi connectivity index (χ4n) is 2.47. The average Bonchev–Trinajstić information content (AvgIpc) is 3.07. The van der Waals surface area contributed by atoms with E-state index in [-0.39, 0.29) is 18.2 Å². The molecule has 25 heavy (non-hydrogen) atoms. The van der Waals surface area contributed by atoms with Crippen molar-refractivity contribution in [3.63, 3.8) is 0 Å². The first-order valence-electron chi connectivity index (χ1n) is 7.61. The molecule has 3 aromatic rings. The van der Waals surface area contributed by atoms with Crippen molar-refractivity contribution in [3.8, 4) is 5.75 Å². The molecular formula is C18H16F2N2O3. The number of hydrogen-bond acceptors (Lipinski definition) is 3. The lowest BCUT2D eigenvalue weighted by Crippen LogP contribution is -2.28. The number of alkyl halides is 2. The van der Waals surface area contributed by atoms with Crippen LogP contribution in [0, 0.1) is 0 Å². The molecule has 0 radical (unpaired) electrons. The van der Waals surface area contributed by atoms with Crippen LogP contribution >= 0.6 is 0 Å². The molecule has 5 nitrogen and oxygen atoms in total. The fraction of sp³-hybridized carbons (Fsp3) is 0.167. The Labute approximate surface area is 142 Å². The van der Waals surface area contributed by atoms with Gasteiger partial charge in [-0.25, -0.2) is 0 Å². The van der Waals surface area contributed by atoms with E-state index in [9.17, 15) is 18.7 Å². The monoisotopic (exact) mass is 346 g/mol. The van der Waals surface area contributed by atoms with Gasteiger partial charge in [-0.3, -0.25) is 4.79 Å². The molecule has 3 rings (SSSR count). The largest absolute Gasteiger partial charge is 0.435 e. The number of carbonyl (C=O) groups is 1. The topological polar surface area (TPSA) is 74.3 Å². The van der Waals surface area contributed by atoms with Crippen LogP contribution in [0.2, 0.25) is 0 Å². The molecule has 7 heteroatoms. The third kappa shape index (κ3) is 4.13. The molecule has 0 bridgehead atoms. The highest BCUT2D eigenvalue weighted by Crippen LogP contribution is 2.19. The first-order valence-corrected chi connectivity index (χ1v) is 7.61. The minimum atomic E-state index is -2.90. The van der Waals surface area contributed by atoms with Crippen molar-refractivity contribution in [2.75, 3.05) is 6.54 Å². The molecule has 0 aliphatic rings. The van der Waals surface area contributed by atoms with Gasteiger partial charge in [-0.05, 0) is 41.3 Å². The van der Waals surface area contributed by atoms with Crippen LogP contribution in [-0.4, -0.2) is 29.2 Å². The minimum Gasteiger partial charge on any atom is -0.435 e. The molecule has 1 aromatic heterocycles. The highest BCUT2D eigenvalue weighted by Gasteiger charge is 2.12. The van der Waals surface area contributed by atoms with E-state index >= 15 is 0 Å². The van der Waals surface area contributed by atoms with Gasteiger partial charge < -0.3 is 20.1 Å². The molecule has 0 saturated carbocycles. The predicted molar refractivity (Wildman–Crippen MR) is 88.7 cm³/mol. The van der Waals surface area contributed by atoms with Crippen LogP contribution in [-0.2, 0) is 0 Å². The summed E-state index contributed by atoms with van der Waals surface area (Å²) in [5, 5.41) is 13.8. The van der Waals surface area contributed by atoms with Crippen LogP contribution in [0.15, 0.2) is 54.7 Å². The van der Waals surface area contributed by atoms with Crippen LogP contribution in [0.1, 0.15) is 22.0 Å². The Morgan fingerprint density at radius 2 is 1.92 bits per heavy atom. The Balaban J connectivity index is 1.59. The van der Waals surface area contributed by atoms with Crippen molar-refractivity contribution in [2.24, 2.45) is 0 Å². The summed E-state index contributed by atoms with van der Waals surface area (Å²) in [6.07, 6.45) is 0.830. The number of carbonyl (C=O) groups excluding carboxylic acids is 1. The smallest absolute Gasteiger partial charge is 0.387 e. The number of aromatic nitrogens is 1. The maximum atomic E-state index is 12.2. The first-order chi connectivity index (χ1) is 12.0. The molecule has 130 valence electrons. The Morgan fingerprint density at radius 3 is 2.64 bits per heavy atom. The van der Waals surface area contributed by atoms with E-state index in [1.165, 1.54) is 24.3 Å². The van der Waals surface area contributed by atoms with Gasteiger partial charge in [-0.2, -0.15) is 8.78 Å². The predicted octanol–water partition coefficient (Wildman–Crippen LogP) is 3.23. The molecule has 2 aromatic carbocycles. The van der Waals surface area contributed by atoms with Crippen molar-refractivity contribution in [2.45, 2.75) is 12.7 Å². The fourth-order valence-corrected chi connectivity index (χ4v) is 2.47. The van der Waals surface area contributed by atoms with E-state index in [0.29, 0.717) is 11.1 Å². The molecule has 1 heterocycles. The zero-order valence-electron chi connectivity index (χ0n) is 13.1. The van der Waals surface area contributed by atoms with E-state index in [0.717, 1.165) is 10.9 Å². The number of H-pyrrole nitrogens is 1. The average molecular weight is 346 g/mol. The SMILES string of the molecule is O=C(NC[C@H](O)c1ccc(OC(F)F)cc1)c1ccc2cc[nH]c2c1. The molecule has 1 amide bonds. The molecule has 3 N–H and O–H groups in total. The van der Waals surface area contributed by atoms with Crippen LogP contribution in [0.5, 0.6) is 5.75 Å². The second-order valence-electron chi connectivity index (χ2n) is 5.45. The number of aromatic amines is 1. The lowest BCUT2D eigenvalue weighted by atomic mass is 10.1. The van der Waals surface area contributed by atoms with Gasteiger partial charge in [0.1, 0.15) is 5.75 Å². The van der Waals surface area contributed by atoms with Gasteiger partial charge in [0.2, 0.25) is 0 Å². The van der Waals surface area contributed by atoms with Crippen molar-refractivity contribution < 1.29 is 23.4 Å². The molecule has 0 saturated heterocycles. The number of amides is 1. The first kappa shape index (κ1) is 16.9. The zero-order valence-corrected chi connectivity index (χ0v) is 13.1. The number of aliphatic hydroxyl groups excluding tert-OH is 1. The number of halogens is 2. The number of benzene rings is 2. The number of fused-ring (bicyclic) bond motifs is 1. The normalized spacial score (nSPS) is 12.3. The molecule has 0 spiro atoms. The quantitative estimate of drug-likeness (QED) is 0.641. The zero-order chi connectivity index (χ0) is 17.8. The van der Waals surface area contributed by atoms with Gasteiger partial charge in [-0.15, -0.1) is 0 Å². The van der Waals surface area contributed by atoms with Crippen molar-refractivity contribution >= 4 is 16.8 Å². The summed E-state index contributed by atoms with van der Waals surface area (Å²) < 4.78 is 28.5. The van der Waals surface area contributed by atoms with Crippen LogP contribution in [0.4, 0.5) is 8.78 Å². The third-order valence-corrected chi connectivity index (χ3v) is 3.76. The van der Waals surface area contributed by atoms with Crippen LogP contribution in [0.3, 0.4) is 0 Å². The van der Waals surface area contributed by atoms with E-state index in [4.69, 9.17) is 0 Å². The van der Waals surface area contributed by atoms with E-state index in [1.807, 2.05) is 12.1 Å². The summed E-state index contributed by atoms with van der Waals surface area (Å²) in [4.78, 5) is 15.2. The third-order valence-electron chi connectivity index (χ3n) is 3.76. The number of rotatable bonds is 6. The molecule has 0 aliphatic carbocycles. The number of ether oxygens (including phenoxy) is 1. The van der Waals surface area contributed by atoms with Gasteiger partial charge in [-0.1, -0.05) is 18.2 Å². The van der Waals surface area contributed by atoms with Crippen molar-refractivity contribution in [3.05, 3.63) is 65.9 Å². The molecule has 0 aliphatic heterocycles. The second-order valence-corrected chi connectivity index (χ2v) is 5.45. The minimum absolute atomic E-state index is 0.00333. The molecule has 0 unspecified atom stereocenters. The number of nitrogens with one attached hydrogen (secondary N) is 2. The summed E-state index contributed by atoms with van der Waals surface area (Å²) in [5.74, 6) is -0.303. The van der Waals surface area contributed by atoms with E-state index in [1.54, 1.807) is 18.3 Å². The summed E-state index contributed by atoms with van der Waals surface area (Å²) in [5.41, 5.74) is 1.81. The maximum absolute atomic E-state index is 12.2. The summed E-state index contributed by atoms with van der Waals surface area (Å²) in [6.45, 7) is -2.90. The van der Waals surface area contributed by atoms with Crippen molar-refractivity contribution in [1.82, 2.24) is 10.3 Å². The van der Waals surface area contributed by atoms with Crippen molar-refractivity contribution in [1.29, 1.82) is 0 Å². The Morgan fingerprint density at radius 1 is 1.16 bits per heavy atom. The lowest BCUT2D eigenvalue weighted by Gasteiger charge is -2.13. The maximum Gasteiger partial charge on any atom is 0.387 e. The van der Waals surface area contributed by atoms with E-state index in [2.05, 4.69) is 15.0 Å². The van der Waals surface area contributed by atoms with Gasteiger partial charge in [0.25, 0.3) is 5.91 Å². The summed E-state index contributed by atoms with van der Waals surface area (Å²) in [6, 6.07) is 12.8. The number of aliphatic hydroxyl groups is 1. The summed E-state index contributed by atoms with van der Waals surface area (Å²) >= 11 is 0. The van der Waals surface area contributed by atoms with Gasteiger partial charge in [0.05, 0.1) is 6.10 Å². The Hall–Kier alpha value is -2.93. The standard InChI is InChI=1S/C18H16F2N2O3/c19-18(20)25-14-5-3-12(4-6-14)16(23)10-22-17(24)13-2-1-11-7-8-21-15(11)9-13/h1-9,16,18,21,23H,10H2,(H,22,24)/t16-/m0/s1. The Kier molecular flexibility index (Phi) is 4.95. The van der Waals surface area contributed by atoms with Gasteiger partial charge in [0.15, 0.2) is 0 Å². The van der Waals surface area contributed by atoms with Crippen LogP contribution < -0.4 is 10.1 Å². The van der Waals surface area contributed by atoms with Gasteiger partial charge in [0, 0.05) is 23.8 Å². The molecule has 0 fully saturated rings. The van der Waals surface area contributed by atoms with Gasteiger partial charge >= 0.3 is 6.61 Å². The molecular weight excluding hydrogens is 330 g/mol. The number of hydrogen-bond donors (Lipinski definition) is 3. The Bertz CT molecular complexity index is 862. The highest BCUT2D eigenvalue weighted by atomic mass is 19.3. The van der Waals surface area contributed by atoms with E-state index < -0.39 is 12.7 Å².